The Hall–Kier alpha value is -1.10. The summed E-state index contributed by atoms with van der Waals surface area (Å²) in [6.07, 6.45) is 3.46. The lowest BCUT2D eigenvalue weighted by molar-refractivity contribution is -0.122. The maximum atomic E-state index is 11.5. The van der Waals surface area contributed by atoms with Gasteiger partial charge in [-0.15, -0.1) is 0 Å². The lowest BCUT2D eigenvalue weighted by atomic mass is 10.2. The van der Waals surface area contributed by atoms with Gasteiger partial charge in [0.05, 0.1) is 0 Å². The van der Waals surface area contributed by atoms with Crippen molar-refractivity contribution in [2.45, 2.75) is 45.1 Å². The number of rotatable bonds is 7. The molecule has 1 fully saturated rings. The van der Waals surface area contributed by atoms with Crippen LogP contribution in [-0.4, -0.2) is 37.5 Å². The van der Waals surface area contributed by atoms with Gasteiger partial charge in [0.15, 0.2) is 0 Å². The van der Waals surface area contributed by atoms with Gasteiger partial charge in [-0.3, -0.25) is 9.59 Å². The van der Waals surface area contributed by atoms with Gasteiger partial charge in [-0.2, -0.15) is 0 Å². The van der Waals surface area contributed by atoms with E-state index in [2.05, 4.69) is 16.0 Å². The molecule has 0 radical (unpaired) electrons. The third-order valence-electron chi connectivity index (χ3n) is 2.81. The molecular formula is C12H23N3O2. The highest BCUT2D eigenvalue weighted by Crippen LogP contribution is 2.00. The van der Waals surface area contributed by atoms with Crippen LogP contribution in [-0.2, 0) is 9.59 Å². The average Bonchev–Trinajstić information content (AvgIpc) is 2.79. The molecule has 0 aromatic carbocycles. The molecule has 0 aromatic rings. The summed E-state index contributed by atoms with van der Waals surface area (Å²) in [4.78, 5) is 22.8. The zero-order chi connectivity index (χ0) is 12.5. The Labute approximate surface area is 103 Å². The summed E-state index contributed by atoms with van der Waals surface area (Å²) in [6.45, 7) is 4.58. The number of amides is 2. The van der Waals surface area contributed by atoms with Crippen molar-refractivity contribution in [3.63, 3.8) is 0 Å². The Morgan fingerprint density at radius 3 is 2.71 bits per heavy atom. The quantitative estimate of drug-likeness (QED) is 0.594. The molecule has 2 amide bonds. The van der Waals surface area contributed by atoms with E-state index in [0.29, 0.717) is 19.3 Å². The highest BCUT2D eigenvalue weighted by atomic mass is 16.2. The maximum absolute atomic E-state index is 11.5. The van der Waals surface area contributed by atoms with E-state index >= 15 is 0 Å². The molecule has 0 aliphatic carbocycles. The van der Waals surface area contributed by atoms with Gasteiger partial charge in [0.2, 0.25) is 11.8 Å². The van der Waals surface area contributed by atoms with Crippen LogP contribution in [0.5, 0.6) is 0 Å². The fourth-order valence-electron chi connectivity index (χ4n) is 1.84. The molecule has 1 saturated heterocycles. The first-order chi connectivity index (χ1) is 8.22. The van der Waals surface area contributed by atoms with E-state index in [1.165, 1.54) is 0 Å². The second-order valence-electron chi connectivity index (χ2n) is 4.46. The Kier molecular flexibility index (Phi) is 6.62. The number of carbonyl (C=O) groups is 2. The number of nitrogens with one attached hydrogen (secondary N) is 3. The van der Waals surface area contributed by atoms with Crippen LogP contribution < -0.4 is 16.0 Å². The van der Waals surface area contributed by atoms with Crippen molar-refractivity contribution in [2.24, 2.45) is 0 Å². The smallest absolute Gasteiger partial charge is 0.220 e. The van der Waals surface area contributed by atoms with E-state index in [1.54, 1.807) is 0 Å². The molecule has 3 N–H and O–H groups in total. The van der Waals surface area contributed by atoms with Gasteiger partial charge in [0, 0.05) is 32.0 Å². The molecule has 1 heterocycles. The molecule has 1 rings (SSSR count). The Morgan fingerprint density at radius 1 is 1.29 bits per heavy atom. The van der Waals surface area contributed by atoms with Crippen LogP contribution in [0.25, 0.3) is 0 Å². The molecule has 5 nitrogen and oxygen atoms in total. The van der Waals surface area contributed by atoms with Crippen molar-refractivity contribution in [3.8, 4) is 0 Å². The molecular weight excluding hydrogens is 218 g/mol. The Balaban J connectivity index is 2.01. The summed E-state index contributed by atoms with van der Waals surface area (Å²) in [7, 11) is 0. The van der Waals surface area contributed by atoms with Crippen LogP contribution in [0.15, 0.2) is 0 Å². The molecule has 0 aromatic heterocycles. The van der Waals surface area contributed by atoms with Gasteiger partial charge in [0.1, 0.15) is 0 Å². The van der Waals surface area contributed by atoms with Gasteiger partial charge in [-0.25, -0.2) is 0 Å². The SMILES string of the molecule is CCCNC(=O)CCCC(=O)NC1CCNC1. The Morgan fingerprint density at radius 2 is 2.06 bits per heavy atom. The third kappa shape index (κ3) is 6.26. The van der Waals surface area contributed by atoms with Crippen LogP contribution in [0.4, 0.5) is 0 Å². The van der Waals surface area contributed by atoms with Gasteiger partial charge in [-0.05, 0) is 25.8 Å². The minimum atomic E-state index is 0.0437. The number of hydrogen-bond acceptors (Lipinski definition) is 3. The largest absolute Gasteiger partial charge is 0.356 e. The normalized spacial score (nSPS) is 19.0. The van der Waals surface area contributed by atoms with E-state index < -0.39 is 0 Å². The van der Waals surface area contributed by atoms with Crippen LogP contribution in [0.3, 0.4) is 0 Å². The van der Waals surface area contributed by atoms with E-state index in [9.17, 15) is 9.59 Å². The lowest BCUT2D eigenvalue weighted by Gasteiger charge is -2.10. The minimum absolute atomic E-state index is 0.0437. The molecule has 98 valence electrons. The van der Waals surface area contributed by atoms with Gasteiger partial charge >= 0.3 is 0 Å². The van der Waals surface area contributed by atoms with E-state index in [1.807, 2.05) is 6.92 Å². The highest BCUT2D eigenvalue weighted by molar-refractivity contribution is 5.79. The van der Waals surface area contributed by atoms with Crippen molar-refractivity contribution in [1.82, 2.24) is 16.0 Å². The predicted molar refractivity (Wildman–Crippen MR) is 66.6 cm³/mol. The van der Waals surface area contributed by atoms with Gasteiger partial charge in [0.25, 0.3) is 0 Å². The molecule has 0 bridgehead atoms. The minimum Gasteiger partial charge on any atom is -0.356 e. The first-order valence-electron chi connectivity index (χ1n) is 6.49. The molecule has 1 aliphatic heterocycles. The molecule has 1 unspecified atom stereocenters. The first-order valence-corrected chi connectivity index (χ1v) is 6.49. The van der Waals surface area contributed by atoms with Crippen LogP contribution >= 0.6 is 0 Å². The van der Waals surface area contributed by atoms with Crippen molar-refractivity contribution in [1.29, 1.82) is 0 Å². The topological polar surface area (TPSA) is 70.2 Å². The van der Waals surface area contributed by atoms with Crippen LogP contribution in [0.1, 0.15) is 39.0 Å². The summed E-state index contributed by atoms with van der Waals surface area (Å²) < 4.78 is 0. The molecule has 0 spiro atoms. The molecule has 5 heteroatoms. The standard InChI is InChI=1S/C12H23N3O2/c1-2-7-14-11(16)4-3-5-12(17)15-10-6-8-13-9-10/h10,13H,2-9H2,1H3,(H,14,16)(H,15,17). The first kappa shape index (κ1) is 14.0. The fraction of sp³-hybridized carbons (Fsp3) is 0.833. The average molecular weight is 241 g/mol. The summed E-state index contributed by atoms with van der Waals surface area (Å²) in [5, 5.41) is 8.96. The third-order valence-corrected chi connectivity index (χ3v) is 2.81. The second-order valence-corrected chi connectivity index (χ2v) is 4.46. The summed E-state index contributed by atoms with van der Waals surface area (Å²) in [5.74, 6) is 0.101. The second kappa shape index (κ2) is 8.06. The zero-order valence-corrected chi connectivity index (χ0v) is 10.6. The van der Waals surface area contributed by atoms with Gasteiger partial charge < -0.3 is 16.0 Å². The van der Waals surface area contributed by atoms with Crippen molar-refractivity contribution in [3.05, 3.63) is 0 Å². The summed E-state index contributed by atoms with van der Waals surface area (Å²) in [5.41, 5.74) is 0. The van der Waals surface area contributed by atoms with E-state index in [4.69, 9.17) is 0 Å². The van der Waals surface area contributed by atoms with Crippen LogP contribution in [0, 0.1) is 0 Å². The monoisotopic (exact) mass is 241 g/mol. The predicted octanol–water partition coefficient (Wildman–Crippen LogP) is 0.161. The zero-order valence-electron chi connectivity index (χ0n) is 10.6. The van der Waals surface area contributed by atoms with E-state index in [0.717, 1.165) is 32.5 Å². The summed E-state index contributed by atoms with van der Waals surface area (Å²) >= 11 is 0. The highest BCUT2D eigenvalue weighted by Gasteiger charge is 2.16. The van der Waals surface area contributed by atoms with Crippen molar-refractivity contribution >= 4 is 11.8 Å². The number of carbonyl (C=O) groups excluding carboxylic acids is 2. The Bertz CT molecular complexity index is 250. The molecule has 1 aliphatic rings. The lowest BCUT2D eigenvalue weighted by Crippen LogP contribution is -2.36. The fourth-order valence-corrected chi connectivity index (χ4v) is 1.84. The summed E-state index contributed by atoms with van der Waals surface area (Å²) in [6, 6.07) is 0.274. The van der Waals surface area contributed by atoms with Crippen molar-refractivity contribution in [2.75, 3.05) is 19.6 Å². The maximum Gasteiger partial charge on any atom is 0.220 e. The molecule has 0 saturated carbocycles. The van der Waals surface area contributed by atoms with Crippen LogP contribution in [0.2, 0.25) is 0 Å². The molecule has 1 atom stereocenters. The van der Waals surface area contributed by atoms with E-state index in [-0.39, 0.29) is 17.9 Å². The van der Waals surface area contributed by atoms with Gasteiger partial charge in [-0.1, -0.05) is 6.92 Å². The number of hydrogen-bond donors (Lipinski definition) is 3. The molecule has 17 heavy (non-hydrogen) atoms. The van der Waals surface area contributed by atoms with Crippen molar-refractivity contribution < 1.29 is 9.59 Å².